The third-order valence-electron chi connectivity index (χ3n) is 2.76. The van der Waals surface area contributed by atoms with Crippen molar-refractivity contribution in [3.05, 3.63) is 28.5 Å². The molecule has 2 heterocycles. The zero-order valence-corrected chi connectivity index (χ0v) is 11.0. The predicted molar refractivity (Wildman–Crippen MR) is 67.3 cm³/mol. The molecule has 0 aromatic carbocycles. The minimum absolute atomic E-state index is 0.242. The van der Waals surface area contributed by atoms with Gasteiger partial charge in [-0.05, 0) is 34.8 Å². The second kappa shape index (κ2) is 6.10. The molecule has 17 heavy (non-hydrogen) atoms. The molecule has 1 aliphatic rings. The summed E-state index contributed by atoms with van der Waals surface area (Å²) in [4.78, 5) is 4.06. The number of halogens is 1. The van der Waals surface area contributed by atoms with Crippen LogP contribution in [0, 0.1) is 11.3 Å². The van der Waals surface area contributed by atoms with Crippen molar-refractivity contribution in [1.29, 1.82) is 5.26 Å². The van der Waals surface area contributed by atoms with Gasteiger partial charge in [0.25, 0.3) is 0 Å². The molecule has 0 saturated carbocycles. The SMILES string of the molecule is N#CC(NCC1CCCO1)c1cncc(Br)c1. The van der Waals surface area contributed by atoms with Crippen LogP contribution in [0.1, 0.15) is 24.4 Å². The van der Waals surface area contributed by atoms with Crippen LogP contribution < -0.4 is 5.32 Å². The fourth-order valence-electron chi connectivity index (χ4n) is 1.88. The highest BCUT2D eigenvalue weighted by molar-refractivity contribution is 9.10. The van der Waals surface area contributed by atoms with Gasteiger partial charge in [0.15, 0.2) is 0 Å². The van der Waals surface area contributed by atoms with Crippen molar-refractivity contribution in [2.45, 2.75) is 25.0 Å². The maximum atomic E-state index is 9.15. The second-order valence-electron chi connectivity index (χ2n) is 4.04. The van der Waals surface area contributed by atoms with Crippen molar-refractivity contribution in [3.63, 3.8) is 0 Å². The van der Waals surface area contributed by atoms with Crippen molar-refractivity contribution in [1.82, 2.24) is 10.3 Å². The molecule has 5 heteroatoms. The highest BCUT2D eigenvalue weighted by Gasteiger charge is 2.18. The molecule has 0 spiro atoms. The molecule has 1 aromatic rings. The Labute approximate surface area is 109 Å². The van der Waals surface area contributed by atoms with Crippen LogP contribution in [0.4, 0.5) is 0 Å². The number of nitrogens with zero attached hydrogens (tertiary/aromatic N) is 2. The summed E-state index contributed by atoms with van der Waals surface area (Å²) in [5.41, 5.74) is 0.875. The Morgan fingerprint density at radius 2 is 2.53 bits per heavy atom. The lowest BCUT2D eigenvalue weighted by molar-refractivity contribution is 0.109. The summed E-state index contributed by atoms with van der Waals surface area (Å²) < 4.78 is 6.39. The van der Waals surface area contributed by atoms with Crippen molar-refractivity contribution in [3.8, 4) is 6.07 Å². The molecule has 1 aromatic heterocycles. The van der Waals surface area contributed by atoms with Crippen molar-refractivity contribution in [2.24, 2.45) is 0 Å². The van der Waals surface area contributed by atoms with E-state index in [2.05, 4.69) is 32.3 Å². The summed E-state index contributed by atoms with van der Waals surface area (Å²) in [6.45, 7) is 1.55. The normalized spacial score (nSPS) is 21.1. The lowest BCUT2D eigenvalue weighted by atomic mass is 10.1. The van der Waals surface area contributed by atoms with Crippen molar-refractivity contribution in [2.75, 3.05) is 13.2 Å². The zero-order valence-electron chi connectivity index (χ0n) is 9.40. The Morgan fingerprint density at radius 3 is 3.18 bits per heavy atom. The first-order valence-electron chi connectivity index (χ1n) is 5.64. The molecule has 2 unspecified atom stereocenters. The van der Waals surface area contributed by atoms with Crippen LogP contribution in [0.15, 0.2) is 22.9 Å². The summed E-state index contributed by atoms with van der Waals surface area (Å²) in [5, 5.41) is 12.4. The number of nitrogens with one attached hydrogen (secondary N) is 1. The first-order valence-corrected chi connectivity index (χ1v) is 6.44. The molecule has 1 saturated heterocycles. The van der Waals surface area contributed by atoms with E-state index in [4.69, 9.17) is 10.00 Å². The second-order valence-corrected chi connectivity index (χ2v) is 4.96. The maximum Gasteiger partial charge on any atom is 0.122 e. The average Bonchev–Trinajstić information content (AvgIpc) is 2.83. The van der Waals surface area contributed by atoms with Gasteiger partial charge in [-0.25, -0.2) is 0 Å². The van der Waals surface area contributed by atoms with Gasteiger partial charge in [0.1, 0.15) is 6.04 Å². The van der Waals surface area contributed by atoms with Crippen LogP contribution >= 0.6 is 15.9 Å². The molecular weight excluding hydrogens is 282 g/mol. The van der Waals surface area contributed by atoms with Crippen LogP contribution in [-0.2, 0) is 4.74 Å². The highest BCUT2D eigenvalue weighted by Crippen LogP contribution is 2.17. The minimum atomic E-state index is -0.329. The van der Waals surface area contributed by atoms with Gasteiger partial charge in [-0.2, -0.15) is 5.26 Å². The Hall–Kier alpha value is -0.960. The fourth-order valence-corrected chi connectivity index (χ4v) is 2.26. The molecule has 2 rings (SSSR count). The molecule has 0 bridgehead atoms. The van der Waals surface area contributed by atoms with E-state index < -0.39 is 0 Å². The summed E-state index contributed by atoms with van der Waals surface area (Å²) in [6, 6.07) is 3.82. The Kier molecular flexibility index (Phi) is 4.49. The molecule has 1 N–H and O–H groups in total. The van der Waals surface area contributed by atoms with Crippen molar-refractivity contribution < 1.29 is 4.74 Å². The number of aromatic nitrogens is 1. The van der Waals surface area contributed by atoms with Crippen LogP contribution in [0.2, 0.25) is 0 Å². The lowest BCUT2D eigenvalue weighted by Gasteiger charge is -2.15. The number of pyridine rings is 1. The van der Waals surface area contributed by atoms with Crippen molar-refractivity contribution >= 4 is 15.9 Å². The third-order valence-corrected chi connectivity index (χ3v) is 3.20. The van der Waals surface area contributed by atoms with E-state index >= 15 is 0 Å². The smallest absolute Gasteiger partial charge is 0.122 e. The topological polar surface area (TPSA) is 57.9 Å². The van der Waals surface area contributed by atoms with E-state index in [0.717, 1.165) is 29.5 Å². The van der Waals surface area contributed by atoms with E-state index in [0.29, 0.717) is 6.54 Å². The monoisotopic (exact) mass is 295 g/mol. The summed E-state index contributed by atoms with van der Waals surface area (Å²) in [5.74, 6) is 0. The summed E-state index contributed by atoms with van der Waals surface area (Å²) in [6.07, 6.45) is 5.84. The number of ether oxygens (including phenoxy) is 1. The average molecular weight is 296 g/mol. The van der Waals surface area contributed by atoms with E-state index in [-0.39, 0.29) is 12.1 Å². The fraction of sp³-hybridized carbons (Fsp3) is 0.500. The Bertz CT molecular complexity index is 412. The highest BCUT2D eigenvalue weighted by atomic mass is 79.9. The molecule has 0 radical (unpaired) electrons. The van der Waals surface area contributed by atoms with Crippen LogP contribution in [0.5, 0.6) is 0 Å². The molecule has 1 aliphatic heterocycles. The van der Waals surface area contributed by atoms with Crippen LogP contribution in [0.25, 0.3) is 0 Å². The zero-order chi connectivity index (χ0) is 12.1. The van der Waals surface area contributed by atoms with Gasteiger partial charge in [-0.3, -0.25) is 10.3 Å². The number of nitriles is 1. The standard InChI is InChI=1S/C12H14BrN3O/c13-10-4-9(6-15-7-10)12(5-14)16-8-11-2-1-3-17-11/h4,6-7,11-12,16H,1-3,8H2. The molecule has 0 amide bonds. The predicted octanol–water partition coefficient (Wildman–Crippen LogP) is 2.18. The van der Waals surface area contributed by atoms with Gasteiger partial charge in [0, 0.05) is 35.6 Å². The van der Waals surface area contributed by atoms with E-state index in [9.17, 15) is 0 Å². The summed E-state index contributed by atoms with van der Waals surface area (Å²) >= 11 is 3.35. The Morgan fingerprint density at radius 1 is 1.65 bits per heavy atom. The number of hydrogen-bond donors (Lipinski definition) is 1. The number of hydrogen-bond acceptors (Lipinski definition) is 4. The van der Waals surface area contributed by atoms with Crippen LogP contribution in [0.3, 0.4) is 0 Å². The van der Waals surface area contributed by atoms with Crippen LogP contribution in [-0.4, -0.2) is 24.2 Å². The lowest BCUT2D eigenvalue weighted by Crippen LogP contribution is -2.29. The molecule has 0 aliphatic carbocycles. The molecule has 90 valence electrons. The van der Waals surface area contributed by atoms with E-state index in [1.54, 1.807) is 12.4 Å². The molecule has 4 nitrogen and oxygen atoms in total. The Balaban J connectivity index is 1.94. The van der Waals surface area contributed by atoms with Gasteiger partial charge < -0.3 is 4.74 Å². The van der Waals surface area contributed by atoms with E-state index in [1.807, 2.05) is 6.07 Å². The van der Waals surface area contributed by atoms with E-state index in [1.165, 1.54) is 0 Å². The molecular formula is C12H14BrN3O. The summed E-state index contributed by atoms with van der Waals surface area (Å²) in [7, 11) is 0. The largest absolute Gasteiger partial charge is 0.377 e. The van der Waals surface area contributed by atoms with Gasteiger partial charge in [0.2, 0.25) is 0 Å². The first kappa shape index (κ1) is 12.5. The molecule has 2 atom stereocenters. The van der Waals surface area contributed by atoms with Gasteiger partial charge in [0.05, 0.1) is 12.2 Å². The van der Waals surface area contributed by atoms with Gasteiger partial charge >= 0.3 is 0 Å². The third kappa shape index (κ3) is 3.50. The minimum Gasteiger partial charge on any atom is -0.377 e. The van der Waals surface area contributed by atoms with Gasteiger partial charge in [-0.1, -0.05) is 0 Å². The molecule has 1 fully saturated rings. The quantitative estimate of drug-likeness (QED) is 0.925. The maximum absolute atomic E-state index is 9.15. The van der Waals surface area contributed by atoms with Gasteiger partial charge in [-0.15, -0.1) is 0 Å². The number of rotatable bonds is 4. The first-order chi connectivity index (χ1) is 8.29.